The third-order valence-corrected chi connectivity index (χ3v) is 3.44. The number of aryl methyl sites for hydroxylation is 3. The number of aromatic nitrogens is 5. The molecule has 17 heavy (non-hydrogen) atoms. The first-order valence-corrected chi connectivity index (χ1v) is 6.11. The molecule has 1 N–H and O–H groups in total. The van der Waals surface area contributed by atoms with E-state index in [0.717, 1.165) is 16.8 Å². The van der Waals surface area contributed by atoms with Gasteiger partial charge >= 0.3 is 0 Å². The van der Waals surface area contributed by atoms with Gasteiger partial charge in [0.2, 0.25) is 0 Å². The van der Waals surface area contributed by atoms with Crippen LogP contribution in [0.4, 0.5) is 0 Å². The van der Waals surface area contributed by atoms with Crippen molar-refractivity contribution in [2.75, 3.05) is 0 Å². The highest BCUT2D eigenvalue weighted by Crippen LogP contribution is 2.28. The molecule has 1 atom stereocenters. The molecular formula is C10H14BrN5O. The maximum Gasteiger partial charge on any atom is 0.129 e. The summed E-state index contributed by atoms with van der Waals surface area (Å²) in [6, 6.07) is 0. The molecule has 2 rings (SSSR count). The van der Waals surface area contributed by atoms with E-state index in [2.05, 4.69) is 31.2 Å². The van der Waals surface area contributed by atoms with E-state index >= 15 is 0 Å². The molecule has 0 aliphatic carbocycles. The Morgan fingerprint density at radius 2 is 2.18 bits per heavy atom. The molecule has 2 aromatic heterocycles. The van der Waals surface area contributed by atoms with Gasteiger partial charge in [-0.3, -0.25) is 4.68 Å². The van der Waals surface area contributed by atoms with Crippen molar-refractivity contribution in [2.45, 2.75) is 26.5 Å². The zero-order valence-electron chi connectivity index (χ0n) is 9.92. The molecule has 7 heteroatoms. The Morgan fingerprint density at radius 3 is 2.65 bits per heavy atom. The molecule has 2 heterocycles. The molecule has 0 amide bonds. The van der Waals surface area contributed by atoms with Crippen LogP contribution >= 0.6 is 15.9 Å². The molecule has 6 nitrogen and oxygen atoms in total. The lowest BCUT2D eigenvalue weighted by Crippen LogP contribution is -2.04. The van der Waals surface area contributed by atoms with Gasteiger partial charge in [-0.15, -0.1) is 0 Å². The zero-order chi connectivity index (χ0) is 12.6. The predicted octanol–water partition coefficient (Wildman–Crippen LogP) is 1.18. The molecular weight excluding hydrogens is 286 g/mol. The number of rotatable bonds is 3. The van der Waals surface area contributed by atoms with Gasteiger partial charge < -0.3 is 5.11 Å². The van der Waals surface area contributed by atoms with Crippen LogP contribution in [0, 0.1) is 6.92 Å². The Balaban J connectivity index is 2.40. The standard InChI is InChI=1S/C10H14BrN5O/c1-4-16-10(11)7(5-12-16)9(17)8-6(2)13-15(3)14-8/h5,9,17H,4H2,1-3H3. The lowest BCUT2D eigenvalue weighted by molar-refractivity contribution is 0.212. The maximum atomic E-state index is 10.3. The van der Waals surface area contributed by atoms with Crippen molar-refractivity contribution in [3.05, 3.63) is 27.8 Å². The van der Waals surface area contributed by atoms with Gasteiger partial charge in [0, 0.05) is 19.2 Å². The highest BCUT2D eigenvalue weighted by atomic mass is 79.9. The number of aliphatic hydroxyl groups is 1. The number of hydrogen-bond acceptors (Lipinski definition) is 4. The smallest absolute Gasteiger partial charge is 0.129 e. The SMILES string of the molecule is CCn1ncc(C(O)c2nn(C)nc2C)c1Br. The summed E-state index contributed by atoms with van der Waals surface area (Å²) < 4.78 is 2.54. The van der Waals surface area contributed by atoms with E-state index in [1.807, 2.05) is 13.8 Å². The molecule has 0 saturated heterocycles. The normalized spacial score (nSPS) is 13.0. The quantitative estimate of drug-likeness (QED) is 0.924. The summed E-state index contributed by atoms with van der Waals surface area (Å²) in [6.07, 6.45) is 0.838. The first-order valence-electron chi connectivity index (χ1n) is 5.31. The average Bonchev–Trinajstić information content (AvgIpc) is 2.81. The number of hydrogen-bond donors (Lipinski definition) is 1. The summed E-state index contributed by atoms with van der Waals surface area (Å²) in [5.74, 6) is 0. The van der Waals surface area contributed by atoms with Crippen LogP contribution in [0.2, 0.25) is 0 Å². The van der Waals surface area contributed by atoms with E-state index in [1.165, 1.54) is 4.80 Å². The third kappa shape index (κ3) is 2.12. The maximum absolute atomic E-state index is 10.3. The molecule has 2 aromatic rings. The number of aliphatic hydroxyl groups excluding tert-OH is 1. The van der Waals surface area contributed by atoms with Gasteiger partial charge in [0.1, 0.15) is 16.4 Å². The molecule has 1 unspecified atom stereocenters. The van der Waals surface area contributed by atoms with Crippen LogP contribution in [-0.2, 0) is 13.6 Å². The summed E-state index contributed by atoms with van der Waals surface area (Å²) in [6.45, 7) is 4.55. The van der Waals surface area contributed by atoms with Crippen LogP contribution in [0.15, 0.2) is 10.8 Å². The van der Waals surface area contributed by atoms with Crippen molar-refractivity contribution in [2.24, 2.45) is 7.05 Å². The molecule has 0 radical (unpaired) electrons. The third-order valence-electron chi connectivity index (χ3n) is 2.57. The first kappa shape index (κ1) is 12.3. The van der Waals surface area contributed by atoms with Gasteiger partial charge in [-0.05, 0) is 29.8 Å². The fourth-order valence-electron chi connectivity index (χ4n) is 1.71. The largest absolute Gasteiger partial charge is 0.382 e. The average molecular weight is 300 g/mol. The van der Waals surface area contributed by atoms with Gasteiger partial charge in [-0.25, -0.2) is 0 Å². The Morgan fingerprint density at radius 1 is 1.47 bits per heavy atom. The molecule has 0 aromatic carbocycles. The first-order chi connectivity index (χ1) is 8.04. The molecule has 0 aliphatic heterocycles. The van der Waals surface area contributed by atoms with Gasteiger partial charge in [0.15, 0.2) is 0 Å². The van der Waals surface area contributed by atoms with Gasteiger partial charge in [0.05, 0.1) is 11.9 Å². The number of halogens is 1. The molecule has 0 fully saturated rings. The van der Waals surface area contributed by atoms with E-state index < -0.39 is 6.10 Å². The van der Waals surface area contributed by atoms with E-state index in [0.29, 0.717) is 11.3 Å². The van der Waals surface area contributed by atoms with Gasteiger partial charge in [-0.1, -0.05) is 0 Å². The lowest BCUT2D eigenvalue weighted by atomic mass is 10.1. The highest BCUT2D eigenvalue weighted by molar-refractivity contribution is 9.10. The van der Waals surface area contributed by atoms with Crippen LogP contribution in [0.25, 0.3) is 0 Å². The van der Waals surface area contributed by atoms with Crippen molar-refractivity contribution in [3.63, 3.8) is 0 Å². The van der Waals surface area contributed by atoms with E-state index in [9.17, 15) is 5.11 Å². The number of nitrogens with zero attached hydrogens (tertiary/aromatic N) is 5. The highest BCUT2D eigenvalue weighted by Gasteiger charge is 2.22. The molecule has 0 bridgehead atoms. The second-order valence-electron chi connectivity index (χ2n) is 3.77. The van der Waals surface area contributed by atoms with Crippen LogP contribution in [0.5, 0.6) is 0 Å². The van der Waals surface area contributed by atoms with Gasteiger partial charge in [0.25, 0.3) is 0 Å². The summed E-state index contributed by atoms with van der Waals surface area (Å²) >= 11 is 3.43. The lowest BCUT2D eigenvalue weighted by Gasteiger charge is -2.07. The Kier molecular flexibility index (Phi) is 3.30. The van der Waals surface area contributed by atoms with Crippen LogP contribution in [0.1, 0.15) is 30.0 Å². The predicted molar refractivity (Wildman–Crippen MR) is 65.4 cm³/mol. The van der Waals surface area contributed by atoms with E-state index in [-0.39, 0.29) is 0 Å². The van der Waals surface area contributed by atoms with E-state index in [4.69, 9.17) is 0 Å². The van der Waals surface area contributed by atoms with Crippen molar-refractivity contribution >= 4 is 15.9 Å². The minimum atomic E-state index is -0.807. The summed E-state index contributed by atoms with van der Waals surface area (Å²) in [4.78, 5) is 1.45. The minimum Gasteiger partial charge on any atom is -0.382 e. The topological polar surface area (TPSA) is 68.8 Å². The summed E-state index contributed by atoms with van der Waals surface area (Å²) in [7, 11) is 1.73. The van der Waals surface area contributed by atoms with Crippen molar-refractivity contribution in [1.29, 1.82) is 0 Å². The Hall–Kier alpha value is -1.21. The minimum absolute atomic E-state index is 0.559. The Labute approximate surface area is 107 Å². The van der Waals surface area contributed by atoms with Crippen molar-refractivity contribution in [3.8, 4) is 0 Å². The fourth-order valence-corrected chi connectivity index (χ4v) is 2.37. The van der Waals surface area contributed by atoms with Crippen LogP contribution in [0.3, 0.4) is 0 Å². The molecule has 0 aliphatic rings. The van der Waals surface area contributed by atoms with Crippen LogP contribution in [-0.4, -0.2) is 29.9 Å². The molecule has 0 spiro atoms. The van der Waals surface area contributed by atoms with E-state index in [1.54, 1.807) is 17.9 Å². The zero-order valence-corrected chi connectivity index (χ0v) is 11.5. The van der Waals surface area contributed by atoms with Crippen molar-refractivity contribution in [1.82, 2.24) is 24.8 Å². The summed E-state index contributed by atoms with van der Waals surface area (Å²) in [5, 5.41) is 22.7. The van der Waals surface area contributed by atoms with Crippen LogP contribution < -0.4 is 0 Å². The summed E-state index contributed by atoms with van der Waals surface area (Å²) in [5.41, 5.74) is 1.98. The molecule has 0 saturated carbocycles. The fraction of sp³-hybridized carbons (Fsp3) is 0.500. The van der Waals surface area contributed by atoms with Gasteiger partial charge in [-0.2, -0.15) is 20.1 Å². The van der Waals surface area contributed by atoms with Crippen molar-refractivity contribution < 1.29 is 5.11 Å². The molecule has 92 valence electrons. The second-order valence-corrected chi connectivity index (χ2v) is 4.52. The Bertz CT molecular complexity index is 533. The monoisotopic (exact) mass is 299 g/mol. The second kappa shape index (κ2) is 4.58.